The van der Waals surface area contributed by atoms with E-state index < -0.39 is 17.6 Å². The Morgan fingerprint density at radius 2 is 2.16 bits per heavy atom. The number of primary amides is 1. The van der Waals surface area contributed by atoms with Gasteiger partial charge in [0.05, 0.1) is 5.56 Å². The Balaban J connectivity index is 2.87. The van der Waals surface area contributed by atoms with Crippen LogP contribution < -0.4 is 11.1 Å². The molecule has 6 heteroatoms. The minimum absolute atomic E-state index is 0.00128. The monoisotopic (exact) mass is 264 g/mol. The summed E-state index contributed by atoms with van der Waals surface area (Å²) in [6, 6.07) is 3.56. The molecule has 100 valence electrons. The molecule has 1 aromatic carbocycles. The smallest absolute Gasteiger partial charge is 0.252 e. The van der Waals surface area contributed by atoms with Gasteiger partial charge in [-0.2, -0.15) is 0 Å². The average Bonchev–Trinajstić information content (AvgIpc) is 2.36. The van der Waals surface area contributed by atoms with Crippen molar-refractivity contribution in [2.45, 2.75) is 6.42 Å². The fourth-order valence-electron chi connectivity index (χ4n) is 1.34. The van der Waals surface area contributed by atoms with E-state index in [0.29, 0.717) is 5.56 Å². The number of amides is 2. The zero-order valence-electron chi connectivity index (χ0n) is 10.1. The molecule has 4 N–H and O–H groups in total. The van der Waals surface area contributed by atoms with Crippen LogP contribution in [0.15, 0.2) is 18.2 Å². The Labute approximate surface area is 109 Å². The lowest BCUT2D eigenvalue weighted by Gasteiger charge is -2.06. The van der Waals surface area contributed by atoms with Crippen molar-refractivity contribution < 1.29 is 19.1 Å². The molecule has 0 aliphatic carbocycles. The molecule has 0 saturated carbocycles. The van der Waals surface area contributed by atoms with Crippen LogP contribution in [0.5, 0.6) is 0 Å². The van der Waals surface area contributed by atoms with Gasteiger partial charge in [-0.3, -0.25) is 9.59 Å². The van der Waals surface area contributed by atoms with E-state index in [2.05, 4.69) is 17.2 Å². The van der Waals surface area contributed by atoms with Crippen LogP contribution in [0.3, 0.4) is 0 Å². The number of halogens is 1. The van der Waals surface area contributed by atoms with Crippen LogP contribution in [-0.2, 0) is 4.79 Å². The highest BCUT2D eigenvalue weighted by atomic mass is 19.1. The third-order valence-electron chi connectivity index (χ3n) is 2.19. The first-order valence-electron chi connectivity index (χ1n) is 5.50. The maximum atomic E-state index is 13.1. The van der Waals surface area contributed by atoms with Gasteiger partial charge in [0.1, 0.15) is 12.4 Å². The van der Waals surface area contributed by atoms with Gasteiger partial charge in [-0.1, -0.05) is 11.8 Å². The van der Waals surface area contributed by atoms with Crippen molar-refractivity contribution in [1.82, 2.24) is 5.32 Å². The largest absolute Gasteiger partial charge is 0.384 e. The third kappa shape index (κ3) is 4.77. The van der Waals surface area contributed by atoms with Crippen molar-refractivity contribution >= 4 is 11.8 Å². The maximum Gasteiger partial charge on any atom is 0.252 e. The summed E-state index contributed by atoms with van der Waals surface area (Å²) in [5, 5.41) is 11.1. The fourth-order valence-corrected chi connectivity index (χ4v) is 1.34. The standard InChI is InChI=1S/C13H13FN2O3/c14-10-4-3-9(2-1-7-17)11(8-10)13(19)16-6-5-12(15)18/h3-4,8,17H,5-7H2,(H2,15,18)(H,16,19). The molecular weight excluding hydrogens is 251 g/mol. The summed E-state index contributed by atoms with van der Waals surface area (Å²) >= 11 is 0. The molecule has 1 aromatic rings. The first kappa shape index (κ1) is 14.7. The summed E-state index contributed by atoms with van der Waals surface area (Å²) in [4.78, 5) is 22.3. The van der Waals surface area contributed by atoms with E-state index >= 15 is 0 Å². The van der Waals surface area contributed by atoms with Crippen LogP contribution >= 0.6 is 0 Å². The third-order valence-corrected chi connectivity index (χ3v) is 2.19. The lowest BCUT2D eigenvalue weighted by atomic mass is 10.1. The van der Waals surface area contributed by atoms with Crippen molar-refractivity contribution in [3.63, 3.8) is 0 Å². The normalized spacial score (nSPS) is 9.37. The number of rotatable bonds is 4. The SMILES string of the molecule is NC(=O)CCNC(=O)c1cc(F)ccc1C#CCO. The van der Waals surface area contributed by atoms with Gasteiger partial charge in [-0.15, -0.1) is 0 Å². The molecule has 0 aromatic heterocycles. The van der Waals surface area contributed by atoms with Crippen molar-refractivity contribution in [1.29, 1.82) is 0 Å². The first-order chi connectivity index (χ1) is 9.04. The molecular formula is C13H13FN2O3. The van der Waals surface area contributed by atoms with Crippen molar-refractivity contribution in [2.24, 2.45) is 5.73 Å². The van der Waals surface area contributed by atoms with Crippen LogP contribution in [0.2, 0.25) is 0 Å². The number of aliphatic hydroxyl groups is 1. The average molecular weight is 264 g/mol. The molecule has 0 fully saturated rings. The number of aliphatic hydroxyl groups excluding tert-OH is 1. The second kappa shape index (κ2) is 7.13. The van der Waals surface area contributed by atoms with Crippen LogP contribution in [0.4, 0.5) is 4.39 Å². The van der Waals surface area contributed by atoms with Gasteiger partial charge in [0.15, 0.2) is 0 Å². The first-order valence-corrected chi connectivity index (χ1v) is 5.50. The maximum absolute atomic E-state index is 13.1. The summed E-state index contributed by atoms with van der Waals surface area (Å²) in [6.07, 6.45) is -0.00128. The molecule has 0 spiro atoms. The highest BCUT2D eigenvalue weighted by Gasteiger charge is 2.11. The molecule has 1 rings (SSSR count). The number of carbonyl (C=O) groups excluding carboxylic acids is 2. The lowest BCUT2D eigenvalue weighted by molar-refractivity contribution is -0.117. The summed E-state index contributed by atoms with van der Waals surface area (Å²) in [7, 11) is 0. The molecule has 0 unspecified atom stereocenters. The molecule has 0 heterocycles. The Kier molecular flexibility index (Phi) is 5.51. The summed E-state index contributed by atoms with van der Waals surface area (Å²) in [6.45, 7) is -0.294. The number of hydrogen-bond acceptors (Lipinski definition) is 3. The zero-order chi connectivity index (χ0) is 14.3. The second-order valence-electron chi connectivity index (χ2n) is 3.62. The lowest BCUT2D eigenvalue weighted by Crippen LogP contribution is -2.28. The molecule has 0 radical (unpaired) electrons. The predicted molar refractivity (Wildman–Crippen MR) is 66.5 cm³/mol. The van der Waals surface area contributed by atoms with Gasteiger partial charge >= 0.3 is 0 Å². The van der Waals surface area contributed by atoms with Crippen LogP contribution in [0.1, 0.15) is 22.3 Å². The Bertz CT molecular complexity index is 547. The highest BCUT2D eigenvalue weighted by Crippen LogP contribution is 2.10. The van der Waals surface area contributed by atoms with Crippen LogP contribution in [0, 0.1) is 17.7 Å². The summed E-state index contributed by atoms with van der Waals surface area (Å²) in [5.41, 5.74) is 5.28. The van der Waals surface area contributed by atoms with Gasteiger partial charge in [0, 0.05) is 18.5 Å². The van der Waals surface area contributed by atoms with E-state index in [1.165, 1.54) is 12.1 Å². The van der Waals surface area contributed by atoms with E-state index in [0.717, 1.165) is 6.07 Å². The Hall–Kier alpha value is -2.39. The molecule has 5 nitrogen and oxygen atoms in total. The van der Waals surface area contributed by atoms with Gasteiger partial charge in [0.2, 0.25) is 5.91 Å². The van der Waals surface area contributed by atoms with Crippen LogP contribution in [0.25, 0.3) is 0 Å². The van der Waals surface area contributed by atoms with Gasteiger partial charge in [-0.05, 0) is 18.2 Å². The molecule has 0 bridgehead atoms. The quantitative estimate of drug-likeness (QED) is 0.656. The topological polar surface area (TPSA) is 92.4 Å². The van der Waals surface area contributed by atoms with Gasteiger partial charge < -0.3 is 16.2 Å². The molecule has 19 heavy (non-hydrogen) atoms. The van der Waals surface area contributed by atoms with Crippen LogP contribution in [-0.4, -0.2) is 30.1 Å². The van der Waals surface area contributed by atoms with Crippen molar-refractivity contribution in [3.8, 4) is 11.8 Å². The number of carbonyl (C=O) groups is 2. The molecule has 0 saturated heterocycles. The summed E-state index contributed by atoms with van der Waals surface area (Å²) in [5.74, 6) is 3.26. The van der Waals surface area contributed by atoms with Crippen molar-refractivity contribution in [3.05, 3.63) is 35.1 Å². The van der Waals surface area contributed by atoms with E-state index in [-0.39, 0.29) is 25.1 Å². The minimum Gasteiger partial charge on any atom is -0.384 e. The van der Waals surface area contributed by atoms with E-state index in [4.69, 9.17) is 10.8 Å². The van der Waals surface area contributed by atoms with E-state index in [9.17, 15) is 14.0 Å². The van der Waals surface area contributed by atoms with E-state index in [1.807, 2.05) is 0 Å². The fraction of sp³-hybridized carbons (Fsp3) is 0.231. The Morgan fingerprint density at radius 3 is 2.79 bits per heavy atom. The van der Waals surface area contributed by atoms with Gasteiger partial charge in [0.25, 0.3) is 5.91 Å². The van der Waals surface area contributed by atoms with E-state index in [1.54, 1.807) is 0 Å². The zero-order valence-corrected chi connectivity index (χ0v) is 10.1. The molecule has 0 aliphatic heterocycles. The molecule has 0 atom stereocenters. The highest BCUT2D eigenvalue weighted by molar-refractivity contribution is 5.96. The number of nitrogens with two attached hydrogens (primary N) is 1. The number of hydrogen-bond donors (Lipinski definition) is 3. The minimum atomic E-state index is -0.574. The second-order valence-corrected chi connectivity index (χ2v) is 3.62. The number of benzene rings is 1. The van der Waals surface area contributed by atoms with Crippen molar-refractivity contribution in [2.75, 3.05) is 13.2 Å². The summed E-state index contributed by atoms with van der Waals surface area (Å²) < 4.78 is 13.1. The molecule has 0 aliphatic rings. The molecule has 2 amide bonds. The Morgan fingerprint density at radius 1 is 1.42 bits per heavy atom. The number of nitrogens with one attached hydrogen (secondary N) is 1. The van der Waals surface area contributed by atoms with Gasteiger partial charge in [-0.25, -0.2) is 4.39 Å². The predicted octanol–water partition coefficient (Wildman–Crippen LogP) is -0.225.